The van der Waals surface area contributed by atoms with Gasteiger partial charge in [0, 0.05) is 11.8 Å². The minimum atomic E-state index is -0.539. The van der Waals surface area contributed by atoms with Gasteiger partial charge in [0.25, 0.3) is 0 Å². The molecular formula is C7H6F2S2. The minimum absolute atomic E-state index is 0.512. The largest absolute Gasteiger partial charge is 0.207 e. The second-order valence-electron chi connectivity index (χ2n) is 2.05. The Balaban J connectivity index is 2.89. The summed E-state index contributed by atoms with van der Waals surface area (Å²) in [5.41, 5.74) is 0.613. The fourth-order valence-corrected chi connectivity index (χ4v) is 1.53. The minimum Gasteiger partial charge on any atom is -0.207 e. The Labute approximate surface area is 72.8 Å². The third-order valence-electron chi connectivity index (χ3n) is 1.15. The maximum atomic E-state index is 12.5. The fraction of sp³-hybridized carbons (Fsp3) is 0.143. The second-order valence-corrected chi connectivity index (χ2v) is 3.37. The lowest BCUT2D eigenvalue weighted by atomic mass is 10.2. The molecule has 0 unspecified atom stereocenters. The first-order valence-corrected chi connectivity index (χ1v) is 4.97. The molecule has 0 N–H and O–H groups in total. The molecule has 0 heterocycles. The highest BCUT2D eigenvalue weighted by molar-refractivity contribution is 8.68. The lowest BCUT2D eigenvalue weighted by Gasteiger charge is -1.97. The molecule has 1 rings (SSSR count). The SMILES string of the molecule is Fc1cc(F)cc(CSS)c1. The molecule has 0 fully saturated rings. The molecule has 0 spiro atoms. The van der Waals surface area contributed by atoms with Gasteiger partial charge in [0.1, 0.15) is 11.6 Å². The van der Waals surface area contributed by atoms with Crippen molar-refractivity contribution in [3.63, 3.8) is 0 Å². The number of hydrogen-bond donors (Lipinski definition) is 1. The lowest BCUT2D eigenvalue weighted by molar-refractivity contribution is 0.581. The Morgan fingerprint density at radius 2 is 1.73 bits per heavy atom. The van der Waals surface area contributed by atoms with Crippen LogP contribution in [-0.4, -0.2) is 0 Å². The Morgan fingerprint density at radius 1 is 1.18 bits per heavy atom. The van der Waals surface area contributed by atoms with Gasteiger partial charge in [-0.2, -0.15) is 0 Å². The van der Waals surface area contributed by atoms with Gasteiger partial charge in [-0.05, 0) is 17.7 Å². The molecule has 0 aliphatic rings. The van der Waals surface area contributed by atoms with E-state index in [0.29, 0.717) is 11.3 Å². The summed E-state index contributed by atoms with van der Waals surface area (Å²) in [5, 5.41) is 0. The normalized spacial score (nSPS) is 10.1. The van der Waals surface area contributed by atoms with Crippen LogP contribution in [0.2, 0.25) is 0 Å². The molecule has 0 aliphatic carbocycles. The van der Waals surface area contributed by atoms with E-state index in [9.17, 15) is 8.78 Å². The van der Waals surface area contributed by atoms with Gasteiger partial charge >= 0.3 is 0 Å². The van der Waals surface area contributed by atoms with E-state index >= 15 is 0 Å². The van der Waals surface area contributed by atoms with Gasteiger partial charge in [0.2, 0.25) is 0 Å². The number of rotatable bonds is 2. The Hall–Kier alpha value is -0.220. The molecule has 0 saturated heterocycles. The fourth-order valence-electron chi connectivity index (χ4n) is 0.769. The van der Waals surface area contributed by atoms with E-state index in [1.807, 2.05) is 0 Å². The third-order valence-corrected chi connectivity index (χ3v) is 2.00. The van der Waals surface area contributed by atoms with E-state index < -0.39 is 11.6 Å². The monoisotopic (exact) mass is 192 g/mol. The number of hydrogen-bond acceptors (Lipinski definition) is 2. The zero-order chi connectivity index (χ0) is 8.27. The first kappa shape index (κ1) is 8.87. The summed E-state index contributed by atoms with van der Waals surface area (Å²) in [7, 11) is 1.23. The van der Waals surface area contributed by atoms with Gasteiger partial charge in [0.15, 0.2) is 0 Å². The van der Waals surface area contributed by atoms with E-state index in [4.69, 9.17) is 0 Å². The first-order chi connectivity index (χ1) is 5.22. The molecule has 60 valence electrons. The predicted octanol–water partition coefficient (Wildman–Crippen LogP) is 3.04. The number of halogens is 2. The van der Waals surface area contributed by atoms with E-state index in [0.717, 1.165) is 6.07 Å². The van der Waals surface area contributed by atoms with Crippen molar-refractivity contribution >= 4 is 22.5 Å². The van der Waals surface area contributed by atoms with Crippen molar-refractivity contribution in [2.24, 2.45) is 0 Å². The number of thiol groups is 1. The second kappa shape index (κ2) is 3.97. The quantitative estimate of drug-likeness (QED) is 0.555. The van der Waals surface area contributed by atoms with Crippen molar-refractivity contribution in [2.45, 2.75) is 5.75 Å². The van der Waals surface area contributed by atoms with Crippen LogP contribution in [0.3, 0.4) is 0 Å². The molecule has 0 radical (unpaired) electrons. The zero-order valence-corrected chi connectivity index (χ0v) is 7.26. The van der Waals surface area contributed by atoms with Gasteiger partial charge < -0.3 is 0 Å². The topological polar surface area (TPSA) is 0 Å². The van der Waals surface area contributed by atoms with Crippen LogP contribution in [0.25, 0.3) is 0 Å². The molecule has 4 heteroatoms. The molecule has 0 bridgehead atoms. The molecule has 0 amide bonds. The van der Waals surface area contributed by atoms with E-state index in [1.54, 1.807) is 0 Å². The summed E-state index contributed by atoms with van der Waals surface area (Å²) in [5.74, 6) is -0.567. The van der Waals surface area contributed by atoms with Crippen molar-refractivity contribution in [2.75, 3.05) is 0 Å². The van der Waals surface area contributed by atoms with Crippen LogP contribution in [0.4, 0.5) is 8.78 Å². The van der Waals surface area contributed by atoms with Crippen LogP contribution in [0.15, 0.2) is 18.2 Å². The maximum absolute atomic E-state index is 12.5. The highest BCUT2D eigenvalue weighted by atomic mass is 33.1. The Kier molecular flexibility index (Phi) is 3.20. The highest BCUT2D eigenvalue weighted by Gasteiger charge is 1.98. The summed E-state index contributed by atoms with van der Waals surface area (Å²) in [4.78, 5) is 0. The van der Waals surface area contributed by atoms with Crippen molar-refractivity contribution < 1.29 is 8.78 Å². The average Bonchev–Trinajstić information content (AvgIpc) is 1.85. The zero-order valence-electron chi connectivity index (χ0n) is 5.55. The van der Waals surface area contributed by atoms with Crippen molar-refractivity contribution in [1.29, 1.82) is 0 Å². The van der Waals surface area contributed by atoms with Crippen molar-refractivity contribution in [3.05, 3.63) is 35.4 Å². The molecule has 0 aromatic heterocycles. The standard InChI is InChI=1S/C7H6F2S2/c8-6-1-5(4-11-10)2-7(9)3-6/h1-3,10H,4H2. The van der Waals surface area contributed by atoms with Crippen LogP contribution in [0.1, 0.15) is 5.56 Å². The summed E-state index contributed by atoms with van der Waals surface area (Å²) >= 11 is 3.87. The van der Waals surface area contributed by atoms with Crippen LogP contribution in [0, 0.1) is 11.6 Å². The van der Waals surface area contributed by atoms with Crippen molar-refractivity contribution in [1.82, 2.24) is 0 Å². The molecule has 0 aliphatic heterocycles. The molecule has 0 atom stereocenters. The molecule has 11 heavy (non-hydrogen) atoms. The van der Waals surface area contributed by atoms with Gasteiger partial charge in [-0.25, -0.2) is 8.78 Å². The van der Waals surface area contributed by atoms with Gasteiger partial charge in [-0.3, -0.25) is 0 Å². The van der Waals surface area contributed by atoms with E-state index in [1.165, 1.54) is 22.9 Å². The highest BCUT2D eigenvalue weighted by Crippen LogP contribution is 2.16. The van der Waals surface area contributed by atoms with Gasteiger partial charge in [-0.1, -0.05) is 10.8 Å². The lowest BCUT2D eigenvalue weighted by Crippen LogP contribution is -1.84. The Morgan fingerprint density at radius 3 is 2.18 bits per heavy atom. The first-order valence-electron chi connectivity index (χ1n) is 2.93. The molecule has 0 nitrogen and oxygen atoms in total. The van der Waals surface area contributed by atoms with Crippen molar-refractivity contribution in [3.8, 4) is 0 Å². The molecule has 1 aromatic carbocycles. The summed E-state index contributed by atoms with van der Waals surface area (Å²) in [6.07, 6.45) is 0. The predicted molar refractivity (Wildman–Crippen MR) is 46.6 cm³/mol. The van der Waals surface area contributed by atoms with Crippen LogP contribution in [0.5, 0.6) is 0 Å². The summed E-state index contributed by atoms with van der Waals surface area (Å²) < 4.78 is 25.0. The molecule has 1 aromatic rings. The molecular weight excluding hydrogens is 186 g/mol. The number of benzene rings is 1. The smallest absolute Gasteiger partial charge is 0.126 e. The van der Waals surface area contributed by atoms with Crippen LogP contribution in [-0.2, 0) is 5.75 Å². The average molecular weight is 192 g/mol. The summed E-state index contributed by atoms with van der Waals surface area (Å²) in [6.45, 7) is 0. The third kappa shape index (κ3) is 2.71. The van der Waals surface area contributed by atoms with Crippen LogP contribution < -0.4 is 0 Å². The van der Waals surface area contributed by atoms with Gasteiger partial charge in [-0.15, -0.1) is 11.7 Å². The maximum Gasteiger partial charge on any atom is 0.126 e. The Bertz CT molecular complexity index is 230. The summed E-state index contributed by atoms with van der Waals surface area (Å²) in [6, 6.07) is 3.45. The van der Waals surface area contributed by atoms with Crippen LogP contribution >= 0.6 is 22.5 Å². The molecule has 0 saturated carbocycles. The van der Waals surface area contributed by atoms with E-state index in [-0.39, 0.29) is 0 Å². The van der Waals surface area contributed by atoms with Gasteiger partial charge in [0.05, 0.1) is 0 Å². The van der Waals surface area contributed by atoms with E-state index in [2.05, 4.69) is 11.7 Å².